The molecule has 1 atom stereocenters. The first-order valence-electron chi connectivity index (χ1n) is 5.68. The summed E-state index contributed by atoms with van der Waals surface area (Å²) in [5.74, 6) is 0.213. The molecule has 1 saturated heterocycles. The molecule has 1 fully saturated rings. The van der Waals surface area contributed by atoms with E-state index in [2.05, 4.69) is 30.6 Å². The van der Waals surface area contributed by atoms with Crippen LogP contribution in [-0.2, 0) is 19.4 Å². The summed E-state index contributed by atoms with van der Waals surface area (Å²) in [4.78, 5) is 11.2. The van der Waals surface area contributed by atoms with Gasteiger partial charge in [0.05, 0.1) is 28.3 Å². The van der Waals surface area contributed by atoms with E-state index in [9.17, 15) is 17.8 Å². The van der Waals surface area contributed by atoms with Gasteiger partial charge in [-0.3, -0.25) is 8.98 Å². The van der Waals surface area contributed by atoms with Crippen molar-refractivity contribution in [3.8, 4) is 0 Å². The van der Waals surface area contributed by atoms with E-state index in [1.165, 1.54) is 6.42 Å². The third-order valence-corrected chi connectivity index (χ3v) is 3.01. The van der Waals surface area contributed by atoms with Crippen LogP contribution in [0.4, 0.5) is 0 Å². The first-order valence-corrected chi connectivity index (χ1v) is 7.01. The molecule has 1 aliphatic heterocycles. The second-order valence-corrected chi connectivity index (χ2v) is 6.17. The van der Waals surface area contributed by atoms with Crippen molar-refractivity contribution in [2.75, 3.05) is 28.3 Å². The molecular formula is C10H22N2O5S. The van der Waals surface area contributed by atoms with E-state index >= 15 is 0 Å². The molecule has 1 aliphatic rings. The number of hydrogen-bond donors (Lipinski definition) is 1. The number of amides is 1. The molecule has 0 aromatic rings. The summed E-state index contributed by atoms with van der Waals surface area (Å²) >= 11 is 0. The normalized spacial score (nSPS) is 21.4. The fourth-order valence-electron chi connectivity index (χ4n) is 1.53. The van der Waals surface area contributed by atoms with E-state index in [4.69, 9.17) is 0 Å². The van der Waals surface area contributed by atoms with Gasteiger partial charge >= 0.3 is 0 Å². The van der Waals surface area contributed by atoms with Crippen LogP contribution in [0.1, 0.15) is 25.7 Å². The highest BCUT2D eigenvalue weighted by Crippen LogP contribution is 2.14. The Labute approximate surface area is 109 Å². The summed E-state index contributed by atoms with van der Waals surface area (Å²) in [5, 5.41) is 3.05. The predicted octanol–water partition coefficient (Wildman–Crippen LogP) is -0.198. The van der Waals surface area contributed by atoms with Gasteiger partial charge in [0.25, 0.3) is 0 Å². The number of nitrogens with zero attached hydrogens (tertiary/aromatic N) is 1. The highest BCUT2D eigenvalue weighted by molar-refractivity contribution is 7.80. The summed E-state index contributed by atoms with van der Waals surface area (Å²) in [6.45, 7) is 0. The van der Waals surface area contributed by atoms with Gasteiger partial charge in [-0.25, -0.2) is 8.42 Å². The van der Waals surface area contributed by atoms with Gasteiger partial charge in [-0.2, -0.15) is 0 Å². The van der Waals surface area contributed by atoms with Gasteiger partial charge in [0.1, 0.15) is 0 Å². The highest BCUT2D eigenvalue weighted by atomic mass is 32.3. The van der Waals surface area contributed by atoms with E-state index in [1.807, 2.05) is 0 Å². The molecule has 8 heteroatoms. The Morgan fingerprint density at radius 1 is 1.33 bits per heavy atom. The summed E-state index contributed by atoms with van der Waals surface area (Å²) in [6.07, 6.45) is 4.33. The molecule has 1 unspecified atom stereocenters. The van der Waals surface area contributed by atoms with Crippen molar-refractivity contribution in [3.05, 3.63) is 0 Å². The monoisotopic (exact) mass is 282 g/mol. The number of rotatable bonds is 2. The zero-order valence-electron chi connectivity index (χ0n) is 11.3. The van der Waals surface area contributed by atoms with E-state index < -0.39 is 10.4 Å². The third-order valence-electron chi connectivity index (χ3n) is 2.60. The molecule has 1 heterocycles. The molecule has 7 nitrogen and oxygen atoms in total. The number of hydrogen-bond acceptors (Lipinski definition) is 5. The van der Waals surface area contributed by atoms with E-state index in [0.29, 0.717) is 12.6 Å². The fraction of sp³-hybridized carbons (Fsp3) is 0.900. The lowest BCUT2D eigenvalue weighted by atomic mass is 10.2. The van der Waals surface area contributed by atoms with Crippen LogP contribution in [0.25, 0.3) is 0 Å². The smallest absolute Gasteiger partial charge is 0.224 e. The van der Waals surface area contributed by atoms with Crippen LogP contribution < -0.4 is 5.32 Å². The Kier molecular flexibility index (Phi) is 6.76. The van der Waals surface area contributed by atoms with Gasteiger partial charge < -0.3 is 14.4 Å². The number of nitrogens with one attached hydrogen (secondary N) is 1. The van der Waals surface area contributed by atoms with Crippen LogP contribution in [0.5, 0.6) is 0 Å². The Hall–Kier alpha value is -0.700. The molecule has 0 radical (unpaired) electrons. The number of carbonyl (C=O) groups excluding carboxylic acids is 1. The van der Waals surface area contributed by atoms with Gasteiger partial charge in [0.2, 0.25) is 16.3 Å². The van der Waals surface area contributed by atoms with Gasteiger partial charge in [-0.15, -0.1) is 0 Å². The summed E-state index contributed by atoms with van der Waals surface area (Å²) in [5.41, 5.74) is 0. The molecule has 0 aromatic carbocycles. The van der Waals surface area contributed by atoms with E-state index in [0.717, 1.165) is 24.4 Å². The minimum Gasteiger partial charge on any atom is -0.726 e. The van der Waals surface area contributed by atoms with Gasteiger partial charge in [-0.05, 0) is 12.8 Å². The Balaban J connectivity index is 0.000000411. The molecule has 18 heavy (non-hydrogen) atoms. The lowest BCUT2D eigenvalue weighted by Gasteiger charge is -2.33. The van der Waals surface area contributed by atoms with E-state index in [-0.39, 0.29) is 5.91 Å². The van der Waals surface area contributed by atoms with Crippen LogP contribution >= 0.6 is 0 Å². The van der Waals surface area contributed by atoms with Crippen molar-refractivity contribution >= 4 is 16.3 Å². The molecule has 0 aliphatic carbocycles. The maximum atomic E-state index is 11.2. The maximum absolute atomic E-state index is 11.2. The molecule has 0 spiro atoms. The van der Waals surface area contributed by atoms with Gasteiger partial charge in [0.15, 0.2) is 6.17 Å². The first-order chi connectivity index (χ1) is 8.06. The van der Waals surface area contributed by atoms with Gasteiger partial charge in [0, 0.05) is 12.8 Å². The minimum atomic E-state index is -4.41. The quantitative estimate of drug-likeness (QED) is 0.430. The van der Waals surface area contributed by atoms with E-state index in [1.54, 1.807) is 0 Å². The van der Waals surface area contributed by atoms with Crippen molar-refractivity contribution in [3.63, 3.8) is 0 Å². The van der Waals surface area contributed by atoms with Crippen molar-refractivity contribution in [1.82, 2.24) is 5.32 Å². The SMILES string of the molecule is COS(=O)(=O)[O-].C[N+](C)(C)C1CCCCC(=O)N1. The lowest BCUT2D eigenvalue weighted by Crippen LogP contribution is -2.54. The highest BCUT2D eigenvalue weighted by Gasteiger charge is 2.26. The molecule has 1 amide bonds. The third kappa shape index (κ3) is 8.40. The Morgan fingerprint density at radius 3 is 2.22 bits per heavy atom. The van der Waals surface area contributed by atoms with Crippen molar-refractivity contribution in [2.45, 2.75) is 31.8 Å². The van der Waals surface area contributed by atoms with Crippen LogP contribution in [0, 0.1) is 0 Å². The fourth-order valence-corrected chi connectivity index (χ4v) is 1.53. The number of carbonyl (C=O) groups is 1. The van der Waals surface area contributed by atoms with Crippen molar-refractivity contribution < 1.29 is 26.4 Å². The molecule has 0 saturated carbocycles. The largest absolute Gasteiger partial charge is 0.726 e. The topological polar surface area (TPSA) is 95.5 Å². The van der Waals surface area contributed by atoms with Crippen molar-refractivity contribution in [1.29, 1.82) is 0 Å². The average Bonchev–Trinajstić information content (AvgIpc) is 2.42. The zero-order valence-corrected chi connectivity index (χ0v) is 12.1. The summed E-state index contributed by atoms with van der Waals surface area (Å²) in [7, 11) is 2.76. The first kappa shape index (κ1) is 17.3. The van der Waals surface area contributed by atoms with Crippen LogP contribution in [0.2, 0.25) is 0 Å². The minimum absolute atomic E-state index is 0.213. The molecule has 1 N–H and O–H groups in total. The van der Waals surface area contributed by atoms with Crippen LogP contribution in [0.15, 0.2) is 0 Å². The zero-order chi connectivity index (χ0) is 14.4. The van der Waals surface area contributed by atoms with Crippen LogP contribution in [0.3, 0.4) is 0 Å². The number of quaternary nitrogens is 1. The molecular weight excluding hydrogens is 260 g/mol. The molecule has 1 rings (SSSR count). The average molecular weight is 282 g/mol. The van der Waals surface area contributed by atoms with Gasteiger partial charge in [-0.1, -0.05) is 0 Å². The molecule has 108 valence electrons. The Bertz CT molecular complexity index is 361. The summed E-state index contributed by atoms with van der Waals surface area (Å²) < 4.78 is 31.8. The standard InChI is InChI=1S/C9H18N2O.CH4O4S/c1-11(2,3)8-6-4-5-7-9(12)10-8;1-5-6(2,3)4/h8H,4-7H2,1-3H3;1H3,(H,2,3,4). The molecule has 0 bridgehead atoms. The second-order valence-electron chi connectivity index (χ2n) is 5.02. The predicted molar refractivity (Wildman–Crippen MR) is 65.1 cm³/mol. The second kappa shape index (κ2) is 7.03. The maximum Gasteiger partial charge on any atom is 0.224 e. The summed E-state index contributed by atoms with van der Waals surface area (Å²) in [6, 6.07) is 0. The van der Waals surface area contributed by atoms with Crippen LogP contribution in [-0.4, -0.2) is 57.8 Å². The Morgan fingerprint density at radius 2 is 1.83 bits per heavy atom. The lowest BCUT2D eigenvalue weighted by molar-refractivity contribution is -0.898. The van der Waals surface area contributed by atoms with Crippen molar-refractivity contribution in [2.24, 2.45) is 0 Å². The molecule has 0 aromatic heterocycles.